The third-order valence-corrected chi connectivity index (χ3v) is 14.4. The lowest BCUT2D eigenvalue weighted by molar-refractivity contribution is 1.17. The van der Waals surface area contributed by atoms with Crippen LogP contribution in [0, 0.1) is 0 Å². The zero-order chi connectivity index (χ0) is 46.0. The Hall–Kier alpha value is -6.42. The maximum absolute atomic E-state index is 10.00. The van der Waals surface area contributed by atoms with Crippen molar-refractivity contribution in [2.75, 3.05) is 0 Å². The third-order valence-electron chi connectivity index (χ3n) is 9.63. The summed E-state index contributed by atoms with van der Waals surface area (Å²) in [5.41, 5.74) is -0.383. The van der Waals surface area contributed by atoms with E-state index < -0.39 is 92.7 Å². The number of hydrogen-bond donors (Lipinski definition) is 0. The van der Waals surface area contributed by atoms with Gasteiger partial charge in [-0.2, -0.15) is 0 Å². The van der Waals surface area contributed by atoms with Crippen LogP contribution in [-0.2, 0) is 0 Å². The molecule has 0 atom stereocenters. The maximum atomic E-state index is 10.00. The number of nitrogens with zero attached hydrogens (tertiary/aromatic N) is 2. The van der Waals surface area contributed by atoms with Crippen LogP contribution in [0.4, 0.5) is 0 Å². The Bertz CT molecular complexity index is 3550. The Morgan fingerprint density at radius 3 is 1.43 bits per heavy atom. The van der Waals surface area contributed by atoms with Gasteiger partial charge in [0, 0.05) is 32.9 Å². The first kappa shape index (κ1) is 18.5. The van der Waals surface area contributed by atoms with Gasteiger partial charge < -0.3 is 9.13 Å². The first-order chi connectivity index (χ1) is 31.1. The zero-order valence-corrected chi connectivity index (χ0v) is 27.9. The summed E-state index contributed by atoms with van der Waals surface area (Å²) < 4.78 is 130. The van der Waals surface area contributed by atoms with Gasteiger partial charge in [-0.3, -0.25) is 0 Å². The molecule has 0 unspecified atom stereocenters. The van der Waals surface area contributed by atoms with Crippen molar-refractivity contribution in [2.24, 2.45) is 0 Å². The minimum Gasteiger partial charge on any atom is -0.309 e. The van der Waals surface area contributed by atoms with E-state index >= 15 is 0 Å². The largest absolute Gasteiger partial charge is 0.309 e. The smallest absolute Gasteiger partial charge is 0.179 e. The fourth-order valence-corrected chi connectivity index (χ4v) is 12.3. The van der Waals surface area contributed by atoms with Crippen molar-refractivity contribution in [1.29, 1.82) is 0 Å². The van der Waals surface area contributed by atoms with Gasteiger partial charge in [0.1, 0.15) is 0 Å². The molecule has 0 amide bonds. The molecular weight excluding hydrogens is 633 g/mol. The van der Waals surface area contributed by atoms with Crippen LogP contribution in [0.2, 0.25) is 0 Å². The second kappa shape index (κ2) is 11.9. The number of hydrogen-bond acceptors (Lipinski definition) is 0. The van der Waals surface area contributed by atoms with E-state index in [-0.39, 0.29) is 49.3 Å². The van der Waals surface area contributed by atoms with E-state index in [4.69, 9.17) is 12.3 Å². The molecule has 240 valence electrons. The van der Waals surface area contributed by atoms with Gasteiger partial charge in [-0.1, -0.05) is 158 Å². The molecule has 0 saturated heterocycles. The number of para-hydroxylation sites is 3. The molecule has 0 fully saturated rings. The molecule has 51 heavy (non-hydrogen) atoms. The summed E-state index contributed by atoms with van der Waals surface area (Å²) >= 11 is 0. The van der Waals surface area contributed by atoms with Gasteiger partial charge in [0.15, 0.2) is 8.07 Å². The van der Waals surface area contributed by atoms with E-state index in [1.807, 2.05) is 72.8 Å². The van der Waals surface area contributed by atoms with Crippen molar-refractivity contribution >= 4 is 72.4 Å². The van der Waals surface area contributed by atoms with E-state index in [1.54, 1.807) is 6.07 Å². The van der Waals surface area contributed by atoms with Gasteiger partial charge in [0.05, 0.1) is 41.3 Å². The van der Waals surface area contributed by atoms with Crippen LogP contribution in [0.25, 0.3) is 55.0 Å². The molecule has 0 radical (unpaired) electrons. The van der Waals surface area contributed by atoms with E-state index in [0.717, 1.165) is 25.3 Å². The second-order valence-electron chi connectivity index (χ2n) is 12.3. The monoisotopic (exact) mass is 680 g/mol. The van der Waals surface area contributed by atoms with Gasteiger partial charge in [-0.05, 0) is 69.2 Å². The molecule has 10 rings (SSSR count). The number of fused-ring (bicyclic) bond motifs is 6. The molecule has 3 heteroatoms. The van der Waals surface area contributed by atoms with Crippen molar-refractivity contribution in [2.45, 2.75) is 0 Å². The third kappa shape index (κ3) is 4.49. The highest BCUT2D eigenvalue weighted by molar-refractivity contribution is 7.19. The van der Waals surface area contributed by atoms with Crippen molar-refractivity contribution in [3.8, 4) is 11.4 Å². The van der Waals surface area contributed by atoms with E-state index in [2.05, 4.69) is 36.4 Å². The number of aromatic nitrogens is 2. The summed E-state index contributed by atoms with van der Waals surface area (Å²) in [5, 5.41) is 3.62. The molecule has 8 aromatic carbocycles. The van der Waals surface area contributed by atoms with Crippen molar-refractivity contribution in [1.82, 2.24) is 9.13 Å². The second-order valence-corrected chi connectivity index (χ2v) is 16.1. The first-order valence-electron chi connectivity index (χ1n) is 23.5. The molecule has 0 bridgehead atoms. The summed E-state index contributed by atoms with van der Waals surface area (Å²) in [7, 11) is -3.18. The summed E-state index contributed by atoms with van der Waals surface area (Å²) in [6.07, 6.45) is 0. The van der Waals surface area contributed by atoms with E-state index in [1.165, 1.54) is 10.6 Å². The fourth-order valence-electron chi connectivity index (χ4n) is 7.53. The van der Waals surface area contributed by atoms with Gasteiger partial charge in [0.2, 0.25) is 0 Å². The molecular formula is C48H34N2Si. The number of rotatable bonds is 6. The Kier molecular flexibility index (Phi) is 4.31. The van der Waals surface area contributed by atoms with Crippen LogP contribution < -0.4 is 20.7 Å². The lowest BCUT2D eigenvalue weighted by Crippen LogP contribution is -2.74. The van der Waals surface area contributed by atoms with E-state index in [0.29, 0.717) is 5.69 Å². The highest BCUT2D eigenvalue weighted by Crippen LogP contribution is 2.36. The van der Waals surface area contributed by atoms with Gasteiger partial charge in [-0.15, -0.1) is 0 Å². The molecule has 0 aliphatic carbocycles. The molecule has 2 aromatic heterocycles. The molecule has 0 spiro atoms. The molecule has 0 aliphatic heterocycles. The van der Waals surface area contributed by atoms with Crippen LogP contribution in [0.5, 0.6) is 0 Å². The SMILES string of the molecule is [2H]c1cc2c(c([2H])c1[2H])c1c([2H])c([2H])c([2H])c([2H])c1n2-c1c([2H])c([2H])c2c(c1[2H])c1c([2H])c([2H])c([2H])c([2H])c1n2-c1cccc([Si](c2ccccc2)(c2ccccc2)c2ccccc2)c1. The highest BCUT2D eigenvalue weighted by Gasteiger charge is 2.41. The normalized spacial score (nSPS) is 15.8. The maximum Gasteiger partial charge on any atom is 0.179 e. The topological polar surface area (TPSA) is 9.86 Å². The predicted octanol–water partition coefficient (Wildman–Crippen LogP) is 9.26. The molecule has 0 N–H and O–H groups in total. The minimum absolute atomic E-state index is 0.0435. The van der Waals surface area contributed by atoms with Gasteiger partial charge >= 0.3 is 0 Å². The minimum atomic E-state index is -3.18. The summed E-state index contributed by atoms with van der Waals surface area (Å²) in [5.74, 6) is 0. The molecule has 0 aliphatic rings. The van der Waals surface area contributed by atoms with Crippen LogP contribution in [0.15, 0.2) is 206 Å². The Morgan fingerprint density at radius 1 is 0.353 bits per heavy atom. The standard InChI is InChI=1S/C48H34N2Si/c1-4-18-37(19-5-1)51(38-20-6-2-7-21-38,39-22-8-3-9-23-39)40-24-16-17-35(33-40)49-47-30-15-12-27-43(47)44-34-36(31-32-48(44)49)50-45-28-13-10-25-41(45)42-26-11-14-29-46(42)50/h1-34H/i10D,11D,12D,13D,14D,15D,25D,26D,27D,28D,30D,31D,32D,34D. The summed E-state index contributed by atoms with van der Waals surface area (Å²) in [4.78, 5) is 0. The predicted molar refractivity (Wildman–Crippen MR) is 219 cm³/mol. The number of benzene rings is 8. The average molecular weight is 681 g/mol. The van der Waals surface area contributed by atoms with Crippen LogP contribution in [-0.4, -0.2) is 17.2 Å². The van der Waals surface area contributed by atoms with E-state index in [9.17, 15) is 6.85 Å². The Morgan fingerprint density at radius 2 is 0.824 bits per heavy atom. The lowest BCUT2D eigenvalue weighted by Gasteiger charge is -2.34. The Balaban J connectivity index is 1.38. The Labute approximate surface area is 317 Å². The summed E-state index contributed by atoms with van der Waals surface area (Å²) in [6, 6.07) is 31.8. The van der Waals surface area contributed by atoms with Crippen molar-refractivity contribution in [3.63, 3.8) is 0 Å². The molecule has 10 aromatic rings. The lowest BCUT2D eigenvalue weighted by atomic mass is 10.1. The quantitative estimate of drug-likeness (QED) is 0.122. The van der Waals surface area contributed by atoms with Crippen molar-refractivity contribution < 1.29 is 19.2 Å². The zero-order valence-electron chi connectivity index (χ0n) is 40.9. The summed E-state index contributed by atoms with van der Waals surface area (Å²) in [6.45, 7) is 0. The van der Waals surface area contributed by atoms with Crippen LogP contribution >= 0.6 is 0 Å². The van der Waals surface area contributed by atoms with Crippen LogP contribution in [0.3, 0.4) is 0 Å². The fraction of sp³-hybridized carbons (Fsp3) is 0. The van der Waals surface area contributed by atoms with Gasteiger partial charge in [0.25, 0.3) is 0 Å². The molecule has 2 nitrogen and oxygen atoms in total. The van der Waals surface area contributed by atoms with Crippen molar-refractivity contribution in [3.05, 3.63) is 206 Å². The van der Waals surface area contributed by atoms with Crippen LogP contribution in [0.1, 0.15) is 19.2 Å². The van der Waals surface area contributed by atoms with Gasteiger partial charge in [-0.25, -0.2) is 0 Å². The molecule has 0 saturated carbocycles. The highest BCUT2D eigenvalue weighted by atomic mass is 28.3. The first-order valence-corrected chi connectivity index (χ1v) is 18.5. The molecule has 2 heterocycles. The average Bonchev–Trinajstić information content (AvgIpc) is 3.86.